The molecule has 4 fully saturated rings. The van der Waals surface area contributed by atoms with Crippen molar-refractivity contribution in [2.75, 3.05) is 20.3 Å². The summed E-state index contributed by atoms with van der Waals surface area (Å²) in [6, 6.07) is -3.28. The van der Waals surface area contributed by atoms with Gasteiger partial charge < -0.3 is 31.3 Å². The molecule has 0 aromatic rings. The third kappa shape index (κ3) is 7.02. The Morgan fingerprint density at radius 3 is 2.14 bits per heavy atom. The Morgan fingerprint density at radius 2 is 1.60 bits per heavy atom. The van der Waals surface area contributed by atoms with Gasteiger partial charge in [-0.1, -0.05) is 73.1 Å². The number of nitrogens with one attached hydrogen (secondary N) is 3. The Kier molecular flexibility index (Phi) is 10.1. The number of carbonyl (C=O) groups excluding carboxylic acids is 5. The molecule has 4 rings (SSSR count). The van der Waals surface area contributed by atoms with Crippen LogP contribution in [-0.2, 0) is 23.9 Å². The average Bonchev–Trinajstić information content (AvgIpc) is 3.24. The van der Waals surface area contributed by atoms with Gasteiger partial charge in [0, 0.05) is 13.7 Å². The number of fused-ring (bicyclic) bond motifs is 1. The first-order valence-corrected chi connectivity index (χ1v) is 16.2. The standard InChI is InChI=1S/C32H53N5O6/c1-18(2)22(17-43-6)35-30(42)36-26(32(5)13-8-7-9-14-32)29(41)37-16-20-23(31(20,3)4)24(37)28(40)34-21(25(38)27(33)39)15-19-11-10-12-19/h18-24,26H,7-17H2,1-6H3,(H2,33,39)(H,34,40)(H2,35,36,42)/t20-,21?,22+,23-,24-,26+/m0/s1. The van der Waals surface area contributed by atoms with E-state index in [1.807, 2.05) is 13.8 Å². The first-order valence-electron chi connectivity index (χ1n) is 16.2. The van der Waals surface area contributed by atoms with Crippen LogP contribution in [0.15, 0.2) is 0 Å². The summed E-state index contributed by atoms with van der Waals surface area (Å²) in [4.78, 5) is 68.1. The lowest BCUT2D eigenvalue weighted by molar-refractivity contribution is -0.146. The summed E-state index contributed by atoms with van der Waals surface area (Å²) in [6.45, 7) is 11.0. The van der Waals surface area contributed by atoms with Gasteiger partial charge >= 0.3 is 6.03 Å². The number of ketones is 1. The molecule has 0 radical (unpaired) electrons. The molecule has 1 saturated heterocycles. The molecule has 0 aromatic heterocycles. The number of methoxy groups -OCH3 is 1. The summed E-state index contributed by atoms with van der Waals surface area (Å²) < 4.78 is 5.30. The summed E-state index contributed by atoms with van der Waals surface area (Å²) in [5.41, 5.74) is 4.74. The second-order valence-corrected chi connectivity index (χ2v) is 14.8. The molecule has 5 N–H and O–H groups in total. The molecule has 4 aliphatic rings. The number of likely N-dealkylation sites (tertiary alicyclic amines) is 1. The smallest absolute Gasteiger partial charge is 0.315 e. The van der Waals surface area contributed by atoms with E-state index in [2.05, 4.69) is 36.7 Å². The van der Waals surface area contributed by atoms with E-state index in [0.717, 1.165) is 51.4 Å². The Bertz CT molecular complexity index is 1080. The quantitative estimate of drug-likeness (QED) is 0.237. The van der Waals surface area contributed by atoms with E-state index in [1.165, 1.54) is 0 Å². The van der Waals surface area contributed by atoms with E-state index in [4.69, 9.17) is 10.5 Å². The molecular weight excluding hydrogens is 550 g/mol. The number of urea groups is 1. The summed E-state index contributed by atoms with van der Waals surface area (Å²) in [5.74, 6) is -2.13. The number of amides is 5. The molecule has 6 atom stereocenters. The van der Waals surface area contributed by atoms with Crippen LogP contribution >= 0.6 is 0 Å². The van der Waals surface area contributed by atoms with Gasteiger partial charge in [0.1, 0.15) is 12.1 Å². The summed E-state index contributed by atoms with van der Waals surface area (Å²) >= 11 is 0. The maximum Gasteiger partial charge on any atom is 0.315 e. The van der Waals surface area contributed by atoms with Crippen LogP contribution in [0.25, 0.3) is 0 Å². The Hall–Kier alpha value is -2.69. The van der Waals surface area contributed by atoms with Crippen LogP contribution in [0.3, 0.4) is 0 Å². The van der Waals surface area contributed by atoms with E-state index < -0.39 is 47.2 Å². The normalized spacial score (nSPS) is 27.7. The van der Waals surface area contributed by atoms with Gasteiger partial charge in [0.05, 0.1) is 18.7 Å². The van der Waals surface area contributed by atoms with Crippen molar-refractivity contribution in [3.63, 3.8) is 0 Å². The molecule has 11 nitrogen and oxygen atoms in total. The number of carbonyl (C=O) groups is 5. The second kappa shape index (κ2) is 13.1. The van der Waals surface area contributed by atoms with Crippen molar-refractivity contribution in [3.05, 3.63) is 0 Å². The van der Waals surface area contributed by atoms with E-state index in [9.17, 15) is 24.0 Å². The highest BCUT2D eigenvalue weighted by Crippen LogP contribution is 2.65. The van der Waals surface area contributed by atoms with Crippen LogP contribution in [0.4, 0.5) is 4.79 Å². The number of ether oxygens (including phenoxy) is 1. The number of nitrogens with zero attached hydrogens (tertiary/aromatic N) is 1. The molecule has 3 saturated carbocycles. The topological polar surface area (TPSA) is 160 Å². The first kappa shape index (κ1) is 33.2. The lowest BCUT2D eigenvalue weighted by Crippen LogP contribution is -2.63. The molecule has 43 heavy (non-hydrogen) atoms. The average molecular weight is 604 g/mol. The minimum atomic E-state index is -1.07. The zero-order chi connectivity index (χ0) is 31.7. The predicted molar refractivity (Wildman–Crippen MR) is 162 cm³/mol. The van der Waals surface area contributed by atoms with E-state index in [1.54, 1.807) is 12.0 Å². The van der Waals surface area contributed by atoms with Crippen LogP contribution in [0.5, 0.6) is 0 Å². The fourth-order valence-electron chi connectivity index (χ4n) is 7.80. The van der Waals surface area contributed by atoms with Crippen LogP contribution in [-0.4, -0.2) is 78.9 Å². The van der Waals surface area contributed by atoms with Crippen molar-refractivity contribution < 1.29 is 28.7 Å². The van der Waals surface area contributed by atoms with Crippen molar-refractivity contribution in [3.8, 4) is 0 Å². The van der Waals surface area contributed by atoms with Gasteiger partial charge in [0.25, 0.3) is 5.91 Å². The number of piperidine rings is 1. The Labute approximate surface area is 256 Å². The minimum Gasteiger partial charge on any atom is -0.383 e. The maximum absolute atomic E-state index is 14.5. The highest BCUT2D eigenvalue weighted by molar-refractivity contribution is 6.37. The summed E-state index contributed by atoms with van der Waals surface area (Å²) in [6.07, 6.45) is 7.89. The van der Waals surface area contributed by atoms with Crippen molar-refractivity contribution in [2.45, 2.75) is 117 Å². The highest BCUT2D eigenvalue weighted by Gasteiger charge is 2.70. The van der Waals surface area contributed by atoms with Gasteiger partial charge in [-0.3, -0.25) is 19.2 Å². The van der Waals surface area contributed by atoms with Crippen molar-refractivity contribution in [1.82, 2.24) is 20.9 Å². The van der Waals surface area contributed by atoms with Gasteiger partial charge in [0.15, 0.2) is 0 Å². The molecule has 11 heteroatoms. The molecule has 1 unspecified atom stereocenters. The van der Waals surface area contributed by atoms with Crippen molar-refractivity contribution >= 4 is 29.5 Å². The van der Waals surface area contributed by atoms with Crippen LogP contribution in [0, 0.1) is 34.5 Å². The number of hydrogen-bond donors (Lipinski definition) is 4. The van der Waals surface area contributed by atoms with E-state index in [-0.39, 0.29) is 41.0 Å². The third-order valence-electron chi connectivity index (χ3n) is 11.1. The number of primary amides is 1. The fraction of sp³-hybridized carbons (Fsp3) is 0.844. The van der Waals surface area contributed by atoms with Crippen LogP contribution < -0.4 is 21.7 Å². The van der Waals surface area contributed by atoms with Crippen LogP contribution in [0.1, 0.15) is 92.4 Å². The number of nitrogens with two attached hydrogens (primary N) is 1. The van der Waals surface area contributed by atoms with Crippen molar-refractivity contribution in [2.24, 2.45) is 40.2 Å². The molecule has 3 aliphatic carbocycles. The molecule has 1 heterocycles. The molecule has 1 aliphatic heterocycles. The Morgan fingerprint density at radius 1 is 0.953 bits per heavy atom. The first-order chi connectivity index (χ1) is 20.2. The number of hydrogen-bond acceptors (Lipinski definition) is 6. The summed E-state index contributed by atoms with van der Waals surface area (Å²) in [5, 5.41) is 8.86. The molecule has 5 amide bonds. The van der Waals surface area contributed by atoms with Gasteiger partial charge in [-0.25, -0.2) is 4.79 Å². The number of Topliss-reactive ketones (excluding diaryl/α,β-unsaturated/α-hetero) is 1. The molecule has 0 aromatic carbocycles. The van der Waals surface area contributed by atoms with Gasteiger partial charge in [-0.2, -0.15) is 0 Å². The van der Waals surface area contributed by atoms with Gasteiger partial charge in [0.2, 0.25) is 17.6 Å². The largest absolute Gasteiger partial charge is 0.383 e. The monoisotopic (exact) mass is 603 g/mol. The zero-order valence-electron chi connectivity index (χ0n) is 26.9. The van der Waals surface area contributed by atoms with Crippen molar-refractivity contribution in [1.29, 1.82) is 0 Å². The van der Waals surface area contributed by atoms with E-state index >= 15 is 0 Å². The second-order valence-electron chi connectivity index (χ2n) is 14.8. The lowest BCUT2D eigenvalue weighted by atomic mass is 9.70. The SMILES string of the molecule is COC[C@@H](NC(=O)N[C@H](C(=O)N1C[C@H]2[C@@H]([C@H]1C(=O)NC(CC1CCC1)C(=O)C(N)=O)C2(C)C)C1(C)CCCCC1)C(C)C. The zero-order valence-corrected chi connectivity index (χ0v) is 26.9. The van der Waals surface area contributed by atoms with Gasteiger partial charge in [-0.05, 0) is 53.8 Å². The summed E-state index contributed by atoms with van der Waals surface area (Å²) in [7, 11) is 1.59. The number of rotatable bonds is 13. The third-order valence-corrected chi connectivity index (χ3v) is 11.1. The molecule has 0 spiro atoms. The van der Waals surface area contributed by atoms with E-state index in [0.29, 0.717) is 19.6 Å². The minimum absolute atomic E-state index is 0.0786. The molecule has 0 bridgehead atoms. The highest BCUT2D eigenvalue weighted by atomic mass is 16.5. The fourth-order valence-corrected chi connectivity index (χ4v) is 7.80. The lowest BCUT2D eigenvalue weighted by Gasteiger charge is -2.43. The van der Waals surface area contributed by atoms with Crippen LogP contribution in [0.2, 0.25) is 0 Å². The maximum atomic E-state index is 14.5. The van der Waals surface area contributed by atoms with Gasteiger partial charge in [-0.15, -0.1) is 0 Å². The molecular formula is C32H53N5O6. The molecule has 242 valence electrons. The predicted octanol–water partition coefficient (Wildman–Crippen LogP) is 2.51. The Balaban J connectivity index is 1.58.